The van der Waals surface area contributed by atoms with Crippen LogP contribution >= 0.6 is 0 Å². The van der Waals surface area contributed by atoms with Gasteiger partial charge in [0.05, 0.1) is 23.6 Å². The molecule has 5 nitrogen and oxygen atoms in total. The van der Waals surface area contributed by atoms with Crippen LogP contribution in [-0.4, -0.2) is 17.6 Å². The van der Waals surface area contributed by atoms with Gasteiger partial charge in [-0.05, 0) is 19.1 Å². The van der Waals surface area contributed by atoms with Crippen molar-refractivity contribution in [2.45, 2.75) is 6.92 Å². The molecule has 0 amide bonds. The minimum absolute atomic E-state index is 0.0208. The van der Waals surface area contributed by atoms with Gasteiger partial charge >= 0.3 is 5.97 Å². The molecule has 2 aromatic rings. The predicted molar refractivity (Wildman–Crippen MR) is 62.3 cm³/mol. The largest absolute Gasteiger partial charge is 0.460 e. The van der Waals surface area contributed by atoms with Crippen molar-refractivity contribution in [2.75, 3.05) is 12.3 Å². The fraction of sp³-hybridized carbons (Fsp3) is 0.167. The number of nitrogen functional groups attached to an aromatic ring is 1. The zero-order chi connectivity index (χ0) is 12.3. The molecule has 0 saturated heterocycles. The Hall–Kier alpha value is -2.30. The molecular weight excluding hydrogens is 220 g/mol. The molecule has 88 valence electrons. The lowest BCUT2D eigenvalue weighted by molar-refractivity contribution is 0.0492. The lowest BCUT2D eigenvalue weighted by Crippen LogP contribution is -2.06. The van der Waals surface area contributed by atoms with E-state index >= 15 is 0 Å². The molecule has 0 unspecified atom stereocenters. The summed E-state index contributed by atoms with van der Waals surface area (Å²) in [7, 11) is 0. The van der Waals surface area contributed by atoms with Crippen molar-refractivity contribution in [3.8, 4) is 11.3 Å². The molecule has 0 spiro atoms. The summed E-state index contributed by atoms with van der Waals surface area (Å²) in [5.74, 6) is -0.542. The van der Waals surface area contributed by atoms with E-state index in [2.05, 4.69) is 4.98 Å². The third-order valence-corrected chi connectivity index (χ3v) is 2.23. The van der Waals surface area contributed by atoms with E-state index in [0.29, 0.717) is 11.3 Å². The van der Waals surface area contributed by atoms with Gasteiger partial charge in [-0.1, -0.05) is 6.07 Å². The maximum absolute atomic E-state index is 11.5. The maximum atomic E-state index is 11.5. The van der Waals surface area contributed by atoms with Crippen molar-refractivity contribution < 1.29 is 13.9 Å². The number of carbonyl (C=O) groups is 1. The molecule has 0 radical (unpaired) electrons. The standard InChI is InChI=1S/C12H12N2O3/c1-2-16-12(15)11-10(13)8(7-17-11)9-5-3-4-6-14-9/h3-7H,2,13H2,1H3. The Kier molecular flexibility index (Phi) is 3.09. The highest BCUT2D eigenvalue weighted by molar-refractivity contribution is 5.96. The van der Waals surface area contributed by atoms with Crippen LogP contribution in [0.5, 0.6) is 0 Å². The van der Waals surface area contributed by atoms with Gasteiger partial charge in [0.25, 0.3) is 0 Å². The molecule has 0 fully saturated rings. The summed E-state index contributed by atoms with van der Waals surface area (Å²) in [5, 5.41) is 0. The first kappa shape index (κ1) is 11.2. The van der Waals surface area contributed by atoms with E-state index in [1.54, 1.807) is 25.3 Å². The highest BCUT2D eigenvalue weighted by Crippen LogP contribution is 2.29. The Labute approximate surface area is 98.2 Å². The van der Waals surface area contributed by atoms with E-state index in [-0.39, 0.29) is 18.1 Å². The number of nitrogens with two attached hydrogens (primary N) is 1. The number of ether oxygens (including phenoxy) is 1. The number of nitrogens with zero attached hydrogens (tertiary/aromatic N) is 1. The smallest absolute Gasteiger partial charge is 0.376 e. The lowest BCUT2D eigenvalue weighted by Gasteiger charge is -2.00. The Balaban J connectivity index is 2.37. The zero-order valence-corrected chi connectivity index (χ0v) is 9.34. The van der Waals surface area contributed by atoms with Crippen LogP contribution in [0.2, 0.25) is 0 Å². The number of carbonyl (C=O) groups excluding carboxylic acids is 1. The monoisotopic (exact) mass is 232 g/mol. The molecule has 0 saturated carbocycles. The first-order chi connectivity index (χ1) is 8.24. The minimum Gasteiger partial charge on any atom is -0.460 e. The molecule has 0 aliphatic carbocycles. The van der Waals surface area contributed by atoms with Gasteiger partial charge in [-0.2, -0.15) is 0 Å². The third kappa shape index (κ3) is 2.13. The molecular formula is C12H12N2O3. The molecule has 2 rings (SSSR count). The average molecular weight is 232 g/mol. The number of hydrogen-bond donors (Lipinski definition) is 1. The van der Waals surface area contributed by atoms with Gasteiger partial charge in [-0.15, -0.1) is 0 Å². The van der Waals surface area contributed by atoms with Gasteiger partial charge < -0.3 is 14.9 Å². The summed E-state index contributed by atoms with van der Waals surface area (Å²) in [5.41, 5.74) is 7.33. The highest BCUT2D eigenvalue weighted by Gasteiger charge is 2.20. The second kappa shape index (κ2) is 4.69. The number of aromatic nitrogens is 1. The van der Waals surface area contributed by atoms with Crippen LogP contribution in [0.4, 0.5) is 5.69 Å². The third-order valence-electron chi connectivity index (χ3n) is 2.23. The molecule has 2 heterocycles. The fourth-order valence-electron chi connectivity index (χ4n) is 1.44. The molecule has 0 aliphatic heterocycles. The molecule has 2 N–H and O–H groups in total. The molecule has 2 aromatic heterocycles. The van der Waals surface area contributed by atoms with E-state index in [0.717, 1.165) is 0 Å². The topological polar surface area (TPSA) is 78.3 Å². The molecule has 0 aliphatic rings. The SMILES string of the molecule is CCOC(=O)c1occ(-c2ccccn2)c1N. The Morgan fingerprint density at radius 1 is 1.53 bits per heavy atom. The van der Waals surface area contributed by atoms with Crippen LogP contribution in [0.3, 0.4) is 0 Å². The second-order valence-corrected chi connectivity index (χ2v) is 3.33. The first-order valence-corrected chi connectivity index (χ1v) is 5.19. The van der Waals surface area contributed by atoms with Crippen LogP contribution in [0.15, 0.2) is 35.1 Å². The normalized spacial score (nSPS) is 10.2. The number of esters is 1. The van der Waals surface area contributed by atoms with Gasteiger partial charge in [-0.25, -0.2) is 4.79 Å². The highest BCUT2D eigenvalue weighted by atomic mass is 16.5. The van der Waals surface area contributed by atoms with E-state index in [1.807, 2.05) is 6.07 Å². The minimum atomic E-state index is -0.563. The number of furan rings is 1. The Bertz CT molecular complexity index is 520. The van der Waals surface area contributed by atoms with E-state index in [4.69, 9.17) is 14.9 Å². The Morgan fingerprint density at radius 3 is 3.00 bits per heavy atom. The molecule has 0 atom stereocenters. The van der Waals surface area contributed by atoms with Crippen molar-refractivity contribution in [1.82, 2.24) is 4.98 Å². The van der Waals surface area contributed by atoms with Crippen molar-refractivity contribution in [3.05, 3.63) is 36.4 Å². The number of hydrogen-bond acceptors (Lipinski definition) is 5. The van der Waals surface area contributed by atoms with E-state index in [1.165, 1.54) is 6.26 Å². The average Bonchev–Trinajstić information content (AvgIpc) is 2.72. The van der Waals surface area contributed by atoms with Crippen LogP contribution in [-0.2, 0) is 4.74 Å². The summed E-state index contributed by atoms with van der Waals surface area (Å²) >= 11 is 0. The molecule has 0 bridgehead atoms. The number of rotatable bonds is 3. The Morgan fingerprint density at radius 2 is 2.35 bits per heavy atom. The lowest BCUT2D eigenvalue weighted by atomic mass is 10.2. The van der Waals surface area contributed by atoms with Gasteiger partial charge in [0.1, 0.15) is 6.26 Å². The summed E-state index contributed by atoms with van der Waals surface area (Å²) in [6.07, 6.45) is 3.05. The van der Waals surface area contributed by atoms with Crippen molar-refractivity contribution in [1.29, 1.82) is 0 Å². The van der Waals surface area contributed by atoms with Crippen molar-refractivity contribution in [2.24, 2.45) is 0 Å². The van der Waals surface area contributed by atoms with E-state index in [9.17, 15) is 4.79 Å². The zero-order valence-electron chi connectivity index (χ0n) is 9.34. The molecule has 5 heteroatoms. The summed E-state index contributed by atoms with van der Waals surface area (Å²) < 4.78 is 9.95. The quantitative estimate of drug-likeness (QED) is 0.820. The predicted octanol–water partition coefficient (Wildman–Crippen LogP) is 2.10. The summed E-state index contributed by atoms with van der Waals surface area (Å²) in [6.45, 7) is 1.99. The van der Waals surface area contributed by atoms with Crippen molar-refractivity contribution in [3.63, 3.8) is 0 Å². The first-order valence-electron chi connectivity index (χ1n) is 5.19. The summed E-state index contributed by atoms with van der Waals surface area (Å²) in [6, 6.07) is 5.42. The van der Waals surface area contributed by atoms with E-state index < -0.39 is 5.97 Å². The maximum Gasteiger partial charge on any atom is 0.376 e. The van der Waals surface area contributed by atoms with Crippen LogP contribution in [0.1, 0.15) is 17.5 Å². The molecule has 0 aromatic carbocycles. The van der Waals surface area contributed by atoms with Gasteiger partial charge in [0, 0.05) is 6.20 Å². The van der Waals surface area contributed by atoms with Gasteiger partial charge in [0.15, 0.2) is 0 Å². The van der Waals surface area contributed by atoms with Crippen LogP contribution < -0.4 is 5.73 Å². The van der Waals surface area contributed by atoms with Crippen LogP contribution in [0, 0.1) is 0 Å². The summed E-state index contributed by atoms with van der Waals surface area (Å²) in [4.78, 5) is 15.6. The van der Waals surface area contributed by atoms with Crippen molar-refractivity contribution >= 4 is 11.7 Å². The van der Waals surface area contributed by atoms with Gasteiger partial charge in [-0.3, -0.25) is 4.98 Å². The molecule has 17 heavy (non-hydrogen) atoms. The second-order valence-electron chi connectivity index (χ2n) is 3.33. The van der Waals surface area contributed by atoms with Crippen LogP contribution in [0.25, 0.3) is 11.3 Å². The number of pyridine rings is 1. The fourth-order valence-corrected chi connectivity index (χ4v) is 1.44. The number of anilines is 1. The van der Waals surface area contributed by atoms with Gasteiger partial charge in [0.2, 0.25) is 5.76 Å².